The van der Waals surface area contributed by atoms with Crippen molar-refractivity contribution in [3.05, 3.63) is 28.8 Å². The van der Waals surface area contributed by atoms with Crippen LogP contribution in [-0.2, 0) is 20.4 Å². The van der Waals surface area contributed by atoms with E-state index < -0.39 is 17.9 Å². The molecule has 1 rings (SSSR count). The SMILES string of the molecule is CC(C)(C)c1cc(C(CCC(=O)O)C(=O)O)cc(C(C)(C)C)c1O. The minimum atomic E-state index is -1.05. The Hall–Kier alpha value is -2.04. The molecule has 0 heterocycles. The summed E-state index contributed by atoms with van der Waals surface area (Å²) in [4.78, 5) is 22.5. The van der Waals surface area contributed by atoms with Gasteiger partial charge in [0.25, 0.3) is 0 Å². The van der Waals surface area contributed by atoms with Gasteiger partial charge in [-0.3, -0.25) is 9.59 Å². The number of hydrogen-bond donors (Lipinski definition) is 3. The summed E-state index contributed by atoms with van der Waals surface area (Å²) in [6.45, 7) is 11.7. The van der Waals surface area contributed by atoms with Crippen molar-refractivity contribution in [3.63, 3.8) is 0 Å². The normalized spacial score (nSPS) is 13.6. The summed E-state index contributed by atoms with van der Waals surface area (Å²) in [7, 11) is 0. The second kappa shape index (κ2) is 6.83. The number of carboxylic acid groups (broad SMARTS) is 2. The van der Waals surface area contributed by atoms with Crippen molar-refractivity contribution >= 4 is 11.9 Å². The second-order valence-electron chi connectivity index (χ2n) is 8.29. The predicted molar refractivity (Wildman–Crippen MR) is 92.8 cm³/mol. The predicted octanol–water partition coefficient (Wildman–Crippen LogP) is 4.02. The van der Waals surface area contributed by atoms with Crippen LogP contribution in [0.25, 0.3) is 0 Å². The Labute approximate surface area is 143 Å². The maximum absolute atomic E-state index is 11.7. The topological polar surface area (TPSA) is 94.8 Å². The van der Waals surface area contributed by atoms with Gasteiger partial charge in [-0.05, 0) is 33.9 Å². The first-order valence-corrected chi connectivity index (χ1v) is 8.07. The number of aliphatic carboxylic acids is 2. The molecule has 0 amide bonds. The van der Waals surface area contributed by atoms with Crippen molar-refractivity contribution in [2.45, 2.75) is 71.1 Å². The molecule has 3 N–H and O–H groups in total. The lowest BCUT2D eigenvalue weighted by Crippen LogP contribution is -2.20. The van der Waals surface area contributed by atoms with Gasteiger partial charge < -0.3 is 15.3 Å². The highest BCUT2D eigenvalue weighted by Crippen LogP contribution is 2.41. The summed E-state index contributed by atoms with van der Waals surface area (Å²) in [5.74, 6) is -2.81. The van der Waals surface area contributed by atoms with Gasteiger partial charge in [0, 0.05) is 6.42 Å². The van der Waals surface area contributed by atoms with E-state index in [9.17, 15) is 19.8 Å². The molecular formula is C19H28O5. The Bertz CT molecular complexity index is 597. The lowest BCUT2D eigenvalue weighted by atomic mass is 9.76. The molecule has 0 bridgehead atoms. The molecule has 1 aromatic carbocycles. The molecule has 1 aromatic rings. The highest BCUT2D eigenvalue weighted by atomic mass is 16.4. The number of phenolic OH excluding ortho intramolecular Hbond substituents is 1. The Kier molecular flexibility index (Phi) is 5.70. The minimum absolute atomic E-state index is 0.0165. The molecule has 0 aromatic heterocycles. The van der Waals surface area contributed by atoms with Gasteiger partial charge in [-0.25, -0.2) is 0 Å². The van der Waals surface area contributed by atoms with E-state index >= 15 is 0 Å². The van der Waals surface area contributed by atoms with E-state index in [1.807, 2.05) is 41.5 Å². The molecule has 0 fully saturated rings. The number of benzene rings is 1. The van der Waals surface area contributed by atoms with Crippen LogP contribution in [0, 0.1) is 0 Å². The zero-order chi connectivity index (χ0) is 18.9. The van der Waals surface area contributed by atoms with E-state index in [1.165, 1.54) is 0 Å². The molecule has 134 valence electrons. The molecule has 1 unspecified atom stereocenters. The van der Waals surface area contributed by atoms with E-state index in [-0.39, 0.29) is 29.4 Å². The molecule has 0 aliphatic carbocycles. The summed E-state index contributed by atoms with van der Waals surface area (Å²) in [5, 5.41) is 29.1. The number of aromatic hydroxyl groups is 1. The molecule has 0 aliphatic rings. The first-order chi connectivity index (χ1) is 10.7. The molecule has 0 saturated carbocycles. The van der Waals surface area contributed by atoms with Crippen molar-refractivity contribution in [1.29, 1.82) is 0 Å². The third kappa shape index (κ3) is 4.73. The summed E-state index contributed by atoms with van der Waals surface area (Å²) in [5.41, 5.74) is 1.15. The Morgan fingerprint density at radius 3 is 1.67 bits per heavy atom. The zero-order valence-electron chi connectivity index (χ0n) is 15.3. The van der Waals surface area contributed by atoms with Crippen molar-refractivity contribution in [3.8, 4) is 5.75 Å². The zero-order valence-corrected chi connectivity index (χ0v) is 15.3. The van der Waals surface area contributed by atoms with E-state index in [1.54, 1.807) is 12.1 Å². The van der Waals surface area contributed by atoms with Gasteiger partial charge in [-0.15, -0.1) is 0 Å². The molecule has 24 heavy (non-hydrogen) atoms. The number of carbonyl (C=O) groups is 2. The quantitative estimate of drug-likeness (QED) is 0.755. The summed E-state index contributed by atoms with van der Waals surface area (Å²) in [6, 6.07) is 3.40. The van der Waals surface area contributed by atoms with Gasteiger partial charge in [-0.1, -0.05) is 53.7 Å². The number of hydrogen-bond acceptors (Lipinski definition) is 3. The lowest BCUT2D eigenvalue weighted by Gasteiger charge is -2.29. The van der Waals surface area contributed by atoms with E-state index in [0.717, 1.165) is 0 Å². The van der Waals surface area contributed by atoms with Gasteiger partial charge in [0.05, 0.1) is 5.92 Å². The van der Waals surface area contributed by atoms with Crippen molar-refractivity contribution in [2.24, 2.45) is 0 Å². The standard InChI is InChI=1S/C19H28O5/c1-18(2,3)13-9-11(10-14(16(13)22)19(4,5)6)12(17(23)24)7-8-15(20)21/h9-10,12,22H,7-8H2,1-6H3,(H,20,21)(H,23,24). The van der Waals surface area contributed by atoms with Crippen LogP contribution < -0.4 is 0 Å². The summed E-state index contributed by atoms with van der Waals surface area (Å²) >= 11 is 0. The minimum Gasteiger partial charge on any atom is -0.507 e. The van der Waals surface area contributed by atoms with Crippen molar-refractivity contribution in [2.75, 3.05) is 0 Å². The number of carboxylic acids is 2. The van der Waals surface area contributed by atoms with E-state index in [2.05, 4.69) is 0 Å². The van der Waals surface area contributed by atoms with E-state index in [0.29, 0.717) is 16.7 Å². The first-order valence-electron chi connectivity index (χ1n) is 8.07. The van der Waals surface area contributed by atoms with Crippen LogP contribution in [0.1, 0.15) is 77.0 Å². The molecule has 1 atom stereocenters. The Balaban J connectivity index is 3.56. The second-order valence-corrected chi connectivity index (χ2v) is 8.29. The van der Waals surface area contributed by atoms with Crippen LogP contribution in [0.3, 0.4) is 0 Å². The average Bonchev–Trinajstić information content (AvgIpc) is 2.36. The maximum atomic E-state index is 11.7. The molecule has 0 aliphatic heterocycles. The Morgan fingerprint density at radius 2 is 1.38 bits per heavy atom. The van der Waals surface area contributed by atoms with Gasteiger partial charge in [0.2, 0.25) is 0 Å². The first kappa shape index (κ1) is 20.0. The van der Waals surface area contributed by atoms with Crippen LogP contribution in [0.5, 0.6) is 5.75 Å². The molecule has 0 saturated heterocycles. The summed E-state index contributed by atoms with van der Waals surface area (Å²) < 4.78 is 0. The molecule has 0 spiro atoms. The van der Waals surface area contributed by atoms with Crippen LogP contribution in [0.2, 0.25) is 0 Å². The Morgan fingerprint density at radius 1 is 0.958 bits per heavy atom. The van der Waals surface area contributed by atoms with Gasteiger partial charge >= 0.3 is 11.9 Å². The fourth-order valence-corrected chi connectivity index (χ4v) is 2.70. The van der Waals surface area contributed by atoms with Crippen LogP contribution in [0.4, 0.5) is 0 Å². The van der Waals surface area contributed by atoms with E-state index in [4.69, 9.17) is 5.11 Å². The lowest BCUT2D eigenvalue weighted by molar-refractivity contribution is -0.140. The highest BCUT2D eigenvalue weighted by Gasteiger charge is 2.30. The monoisotopic (exact) mass is 336 g/mol. The third-order valence-corrected chi connectivity index (χ3v) is 4.10. The van der Waals surface area contributed by atoms with Crippen molar-refractivity contribution < 1.29 is 24.9 Å². The largest absolute Gasteiger partial charge is 0.507 e. The van der Waals surface area contributed by atoms with Crippen LogP contribution >= 0.6 is 0 Å². The third-order valence-electron chi connectivity index (χ3n) is 4.10. The average molecular weight is 336 g/mol. The van der Waals surface area contributed by atoms with Gasteiger partial charge in [0.1, 0.15) is 5.75 Å². The maximum Gasteiger partial charge on any atom is 0.310 e. The van der Waals surface area contributed by atoms with Crippen LogP contribution in [0.15, 0.2) is 12.1 Å². The number of phenols is 1. The van der Waals surface area contributed by atoms with Crippen molar-refractivity contribution in [1.82, 2.24) is 0 Å². The molecule has 5 heteroatoms. The fraction of sp³-hybridized carbons (Fsp3) is 0.579. The summed E-state index contributed by atoms with van der Waals surface area (Å²) in [6.07, 6.45) is -0.198. The highest BCUT2D eigenvalue weighted by molar-refractivity contribution is 5.78. The van der Waals surface area contributed by atoms with Gasteiger partial charge in [-0.2, -0.15) is 0 Å². The van der Waals surface area contributed by atoms with Gasteiger partial charge in [0.15, 0.2) is 0 Å². The molecule has 5 nitrogen and oxygen atoms in total. The van der Waals surface area contributed by atoms with Crippen LogP contribution in [-0.4, -0.2) is 27.3 Å². The smallest absolute Gasteiger partial charge is 0.310 e. The number of rotatable bonds is 5. The fourth-order valence-electron chi connectivity index (χ4n) is 2.70. The molecular weight excluding hydrogens is 308 g/mol. The molecule has 0 radical (unpaired) electrons.